The van der Waals surface area contributed by atoms with Crippen LogP contribution in [0.5, 0.6) is 0 Å². The first-order valence-corrected chi connectivity index (χ1v) is 15.6. The van der Waals surface area contributed by atoms with Crippen LogP contribution < -0.4 is 5.14 Å². The van der Waals surface area contributed by atoms with E-state index in [0.29, 0.717) is 18.4 Å². The molecule has 1 aromatic heterocycles. The molecule has 1 fully saturated rings. The van der Waals surface area contributed by atoms with Crippen LogP contribution in [-0.4, -0.2) is 106 Å². The van der Waals surface area contributed by atoms with Crippen LogP contribution in [0.4, 0.5) is 0 Å². The molecular formula is C27H36N4O8S2. The Balaban J connectivity index is 1.79. The lowest BCUT2D eigenvalue weighted by Crippen LogP contribution is -2.61. The summed E-state index contributed by atoms with van der Waals surface area (Å²) in [6.07, 6.45) is 0.540. The molecule has 1 unspecified atom stereocenters. The van der Waals surface area contributed by atoms with Crippen molar-refractivity contribution in [2.45, 2.75) is 37.1 Å². The Labute approximate surface area is 244 Å². The number of carbonyl (C=O) groups excluding carboxylic acids is 4. The number of ether oxygens (including phenoxy) is 2. The number of sulfonamides is 1. The molecule has 1 aromatic carbocycles. The molecule has 0 spiro atoms. The Morgan fingerprint density at radius 3 is 2.46 bits per heavy atom. The van der Waals surface area contributed by atoms with E-state index in [2.05, 4.69) is 0 Å². The molecule has 14 heteroatoms. The number of hydrogen-bond donors (Lipinski definition) is 1. The van der Waals surface area contributed by atoms with Crippen LogP contribution >= 0.6 is 11.3 Å². The van der Waals surface area contributed by atoms with Crippen LogP contribution in [0.15, 0.2) is 46.7 Å². The lowest BCUT2D eigenvalue weighted by atomic mass is 10.0. The van der Waals surface area contributed by atoms with E-state index in [0.717, 1.165) is 4.88 Å². The monoisotopic (exact) mass is 608 g/mol. The highest BCUT2D eigenvalue weighted by atomic mass is 32.2. The molecule has 0 radical (unpaired) electrons. The van der Waals surface area contributed by atoms with Crippen molar-refractivity contribution in [3.05, 3.63) is 52.2 Å². The number of nitrogens with two attached hydrogens (primary N) is 1. The summed E-state index contributed by atoms with van der Waals surface area (Å²) in [4.78, 5) is 57.7. The summed E-state index contributed by atoms with van der Waals surface area (Å²) in [7, 11) is -2.35. The second-order valence-electron chi connectivity index (χ2n) is 9.45. The van der Waals surface area contributed by atoms with Crippen molar-refractivity contribution in [2.75, 3.05) is 53.0 Å². The fourth-order valence-corrected chi connectivity index (χ4v) is 5.68. The molecule has 2 aromatic rings. The average Bonchev–Trinajstić information content (AvgIpc) is 3.45. The van der Waals surface area contributed by atoms with Crippen molar-refractivity contribution in [3.63, 3.8) is 0 Å². The summed E-state index contributed by atoms with van der Waals surface area (Å²) >= 11 is 1.55. The van der Waals surface area contributed by atoms with Gasteiger partial charge in [0.1, 0.15) is 12.6 Å². The highest BCUT2D eigenvalue weighted by molar-refractivity contribution is 7.89. The van der Waals surface area contributed by atoms with E-state index in [9.17, 15) is 27.6 Å². The van der Waals surface area contributed by atoms with Gasteiger partial charge in [-0.05, 0) is 48.9 Å². The first kappa shape index (κ1) is 32.2. The quantitative estimate of drug-likeness (QED) is 0.289. The molecule has 1 aliphatic heterocycles. The lowest BCUT2D eigenvalue weighted by molar-refractivity contribution is -0.159. The number of piperazine rings is 1. The zero-order valence-electron chi connectivity index (χ0n) is 23.2. The second kappa shape index (κ2) is 15.1. The molecule has 2 N–H and O–H groups in total. The number of nitrogens with zero attached hydrogens (tertiary/aromatic N) is 3. The minimum absolute atomic E-state index is 0.0400. The third-order valence-electron chi connectivity index (χ3n) is 6.63. The maximum Gasteiger partial charge on any atom is 0.325 e. The summed E-state index contributed by atoms with van der Waals surface area (Å²) in [6, 6.07) is 8.73. The summed E-state index contributed by atoms with van der Waals surface area (Å²) in [5, 5.41) is 7.09. The predicted molar refractivity (Wildman–Crippen MR) is 151 cm³/mol. The van der Waals surface area contributed by atoms with Crippen LogP contribution in [0.2, 0.25) is 0 Å². The number of amides is 3. The molecule has 3 amide bonds. The third-order valence-corrected chi connectivity index (χ3v) is 8.50. The Kier molecular flexibility index (Phi) is 11.8. The molecule has 1 atom stereocenters. The molecule has 0 saturated carbocycles. The van der Waals surface area contributed by atoms with Gasteiger partial charge in [0, 0.05) is 31.6 Å². The van der Waals surface area contributed by atoms with E-state index < -0.39 is 27.9 Å². The van der Waals surface area contributed by atoms with Crippen molar-refractivity contribution in [3.8, 4) is 0 Å². The van der Waals surface area contributed by atoms with Crippen molar-refractivity contribution in [2.24, 2.45) is 5.14 Å². The number of hydrogen-bond acceptors (Lipinski definition) is 9. The second-order valence-corrected chi connectivity index (χ2v) is 12.0. The van der Waals surface area contributed by atoms with Gasteiger partial charge in [-0.15, -0.1) is 11.3 Å². The van der Waals surface area contributed by atoms with Gasteiger partial charge in [-0.1, -0.05) is 18.2 Å². The summed E-state index contributed by atoms with van der Waals surface area (Å²) in [5.74, 6) is -1.70. The summed E-state index contributed by atoms with van der Waals surface area (Å²) < 4.78 is 33.2. The fraction of sp³-hybridized carbons (Fsp3) is 0.481. The SMILES string of the molecule is CCOC(=O)CN(CCc1ccc(S(N)(=O)=O)cc1)C(=O)CC1C(=O)N(CCOC)CC(=O)N1CCc1cccs1. The number of rotatable bonds is 15. The smallest absolute Gasteiger partial charge is 0.325 e. The number of benzene rings is 1. The van der Waals surface area contributed by atoms with Crippen LogP contribution in [-0.2, 0) is 51.5 Å². The standard InChI is InChI=1S/C27H36N4O8S2/c1-3-39-26(34)19-29(12-10-20-6-8-22(9-7-20)41(28,36)37)24(32)17-23-27(35)30(14-15-38-2)18-25(33)31(23)13-11-21-5-4-16-40-21/h4-9,16,23H,3,10-15,17-19H2,1-2H3,(H2,28,36,37). The van der Waals surface area contributed by atoms with Gasteiger partial charge in [0.2, 0.25) is 27.7 Å². The van der Waals surface area contributed by atoms with Crippen molar-refractivity contribution >= 4 is 45.1 Å². The minimum atomic E-state index is -3.85. The fourth-order valence-electron chi connectivity index (χ4n) is 4.46. The van der Waals surface area contributed by atoms with E-state index in [-0.39, 0.29) is 69.1 Å². The molecule has 224 valence electrons. The molecule has 41 heavy (non-hydrogen) atoms. The first-order chi connectivity index (χ1) is 19.5. The number of carbonyl (C=O) groups is 4. The Bertz CT molecular complexity index is 1300. The molecule has 1 aliphatic rings. The van der Waals surface area contributed by atoms with Crippen LogP contribution in [0, 0.1) is 0 Å². The Morgan fingerprint density at radius 1 is 1.12 bits per heavy atom. The summed E-state index contributed by atoms with van der Waals surface area (Å²) in [6.45, 7) is 2.19. The minimum Gasteiger partial charge on any atom is -0.465 e. The maximum absolute atomic E-state index is 13.6. The first-order valence-electron chi connectivity index (χ1n) is 13.2. The van der Waals surface area contributed by atoms with E-state index >= 15 is 0 Å². The molecular weight excluding hydrogens is 572 g/mol. The normalized spacial score (nSPS) is 15.7. The van der Waals surface area contributed by atoms with E-state index in [1.54, 1.807) is 30.4 Å². The van der Waals surface area contributed by atoms with Crippen LogP contribution in [0.3, 0.4) is 0 Å². The highest BCUT2D eigenvalue weighted by Crippen LogP contribution is 2.20. The van der Waals surface area contributed by atoms with E-state index in [1.807, 2.05) is 17.5 Å². The van der Waals surface area contributed by atoms with Gasteiger partial charge in [-0.3, -0.25) is 19.2 Å². The summed E-state index contributed by atoms with van der Waals surface area (Å²) in [5.41, 5.74) is 0.714. The number of methoxy groups -OCH3 is 1. The van der Waals surface area contributed by atoms with Gasteiger partial charge in [0.15, 0.2) is 0 Å². The van der Waals surface area contributed by atoms with Crippen LogP contribution in [0.1, 0.15) is 23.8 Å². The Hall–Kier alpha value is -3.33. The van der Waals surface area contributed by atoms with Crippen LogP contribution in [0.25, 0.3) is 0 Å². The van der Waals surface area contributed by atoms with Crippen molar-refractivity contribution < 1.29 is 37.1 Å². The topological polar surface area (TPSA) is 157 Å². The van der Waals surface area contributed by atoms with Gasteiger partial charge in [0.25, 0.3) is 0 Å². The number of primary sulfonamides is 1. The maximum atomic E-state index is 13.6. The number of thiophene rings is 1. The molecule has 3 rings (SSSR count). The third kappa shape index (κ3) is 9.35. The van der Waals surface area contributed by atoms with E-state index in [4.69, 9.17) is 14.6 Å². The highest BCUT2D eigenvalue weighted by Gasteiger charge is 2.41. The molecule has 1 saturated heterocycles. The molecule has 2 heterocycles. The van der Waals surface area contributed by atoms with E-state index in [1.165, 1.54) is 33.9 Å². The zero-order chi connectivity index (χ0) is 30.0. The largest absolute Gasteiger partial charge is 0.465 e. The molecule has 0 bridgehead atoms. The Morgan fingerprint density at radius 2 is 1.85 bits per heavy atom. The molecule has 0 aliphatic carbocycles. The van der Waals surface area contributed by atoms with Gasteiger partial charge in [-0.25, -0.2) is 13.6 Å². The van der Waals surface area contributed by atoms with Crippen molar-refractivity contribution in [1.82, 2.24) is 14.7 Å². The van der Waals surface area contributed by atoms with Crippen molar-refractivity contribution in [1.29, 1.82) is 0 Å². The zero-order valence-corrected chi connectivity index (χ0v) is 24.8. The predicted octanol–water partition coefficient (Wildman–Crippen LogP) is 0.648. The van der Waals surface area contributed by atoms with Gasteiger partial charge >= 0.3 is 5.97 Å². The molecule has 12 nitrogen and oxygen atoms in total. The average molecular weight is 609 g/mol. The number of esters is 1. The van der Waals surface area contributed by atoms with Gasteiger partial charge in [-0.2, -0.15) is 0 Å². The van der Waals surface area contributed by atoms with Gasteiger partial charge < -0.3 is 24.2 Å². The van der Waals surface area contributed by atoms with Gasteiger partial charge in [0.05, 0.1) is 31.1 Å². The lowest BCUT2D eigenvalue weighted by Gasteiger charge is -2.40.